The molecule has 4 N–H and O–H groups in total. The van der Waals surface area contributed by atoms with Gasteiger partial charge in [-0.1, -0.05) is 30.3 Å². The van der Waals surface area contributed by atoms with Gasteiger partial charge in [-0.15, -0.1) is 0 Å². The number of nitrogens with one attached hydrogen (secondary N) is 4. The zero-order chi connectivity index (χ0) is 20.9. The van der Waals surface area contributed by atoms with E-state index in [-0.39, 0.29) is 17.4 Å². The maximum Gasteiger partial charge on any atom is 0.279 e. The van der Waals surface area contributed by atoms with Crippen LogP contribution in [0.3, 0.4) is 0 Å². The highest BCUT2D eigenvalue weighted by atomic mass is 16.2. The highest BCUT2D eigenvalue weighted by Crippen LogP contribution is 2.18. The molecular weight excluding hydrogens is 364 g/mol. The first-order valence-corrected chi connectivity index (χ1v) is 10.6. The van der Waals surface area contributed by atoms with Gasteiger partial charge in [-0.2, -0.15) is 0 Å². The largest absolute Gasteiger partial charge is 0.347 e. The van der Waals surface area contributed by atoms with Crippen LogP contribution in [0.2, 0.25) is 0 Å². The Bertz CT molecular complexity index is 859. The Hall–Kier alpha value is -2.44. The lowest BCUT2D eigenvalue weighted by atomic mass is 10.1. The minimum Gasteiger partial charge on any atom is -0.347 e. The van der Waals surface area contributed by atoms with E-state index in [0.717, 1.165) is 43.7 Å². The van der Waals surface area contributed by atoms with E-state index < -0.39 is 0 Å². The molecule has 6 heteroatoms. The third kappa shape index (κ3) is 6.84. The maximum atomic E-state index is 12.5. The van der Waals surface area contributed by atoms with Crippen molar-refractivity contribution < 1.29 is 19.4 Å². The molecule has 0 aromatic heterocycles. The van der Waals surface area contributed by atoms with Crippen LogP contribution in [0.4, 0.5) is 5.69 Å². The average Bonchev–Trinajstić information content (AvgIpc) is 2.85. The van der Waals surface area contributed by atoms with E-state index in [4.69, 9.17) is 0 Å². The minimum atomic E-state index is -0.194. The molecule has 2 aromatic carbocycles. The Balaban J connectivity index is 1.47. The van der Waals surface area contributed by atoms with Crippen LogP contribution < -0.4 is 20.4 Å². The van der Waals surface area contributed by atoms with E-state index in [1.165, 1.54) is 15.2 Å². The Morgan fingerprint density at radius 2 is 1.48 bits per heavy atom. The van der Waals surface area contributed by atoms with Crippen LogP contribution in [-0.4, -0.2) is 56.6 Å². The second-order valence-electron chi connectivity index (χ2n) is 9.12. The molecule has 0 bridgehead atoms. The fraction of sp³-hybridized carbons (Fsp3) is 0.478. The molecule has 29 heavy (non-hydrogen) atoms. The molecule has 1 aliphatic rings. The second-order valence-corrected chi connectivity index (χ2v) is 9.12. The molecular formula is C23H34N4O2+2. The summed E-state index contributed by atoms with van der Waals surface area (Å²) in [5.74, 6) is 0.147. The van der Waals surface area contributed by atoms with Crippen molar-refractivity contribution in [2.45, 2.75) is 32.7 Å². The first kappa shape index (κ1) is 21.3. The summed E-state index contributed by atoms with van der Waals surface area (Å²) in [4.78, 5) is 27.3. The zero-order valence-electron chi connectivity index (χ0n) is 17.8. The number of fused-ring (bicyclic) bond motifs is 1. The predicted molar refractivity (Wildman–Crippen MR) is 116 cm³/mol. The lowest BCUT2D eigenvalue weighted by Gasteiger charge is -2.22. The Morgan fingerprint density at radius 1 is 0.862 bits per heavy atom. The number of carbonyl (C=O) groups is 2. The van der Waals surface area contributed by atoms with E-state index in [0.29, 0.717) is 13.1 Å². The highest BCUT2D eigenvalue weighted by Gasteiger charge is 2.25. The number of amides is 2. The number of benzene rings is 2. The first-order chi connectivity index (χ1) is 13.8. The maximum absolute atomic E-state index is 12.5. The summed E-state index contributed by atoms with van der Waals surface area (Å²) in [5, 5.41) is 8.37. The summed E-state index contributed by atoms with van der Waals surface area (Å²) in [6.07, 6.45) is 1.02. The summed E-state index contributed by atoms with van der Waals surface area (Å²) < 4.78 is 0. The molecule has 0 spiro atoms. The van der Waals surface area contributed by atoms with Gasteiger partial charge in [-0.05, 0) is 43.7 Å². The lowest BCUT2D eigenvalue weighted by molar-refractivity contribution is -0.930. The number of carbonyl (C=O) groups excluding carboxylic acids is 2. The number of hydrogen-bond acceptors (Lipinski definition) is 2. The van der Waals surface area contributed by atoms with Crippen LogP contribution in [0.15, 0.2) is 42.5 Å². The molecule has 1 heterocycles. The summed E-state index contributed by atoms with van der Waals surface area (Å²) in [6.45, 7) is 10.7. The number of quaternary nitrogens is 2. The Morgan fingerprint density at radius 3 is 2.14 bits per heavy atom. The van der Waals surface area contributed by atoms with Crippen LogP contribution in [0.25, 0.3) is 10.8 Å². The number of anilines is 1. The third-order valence-electron chi connectivity index (χ3n) is 5.26. The lowest BCUT2D eigenvalue weighted by Crippen LogP contribution is -3.18. The summed E-state index contributed by atoms with van der Waals surface area (Å²) in [5.41, 5.74) is 0.648. The monoisotopic (exact) mass is 398 g/mol. The van der Waals surface area contributed by atoms with Gasteiger partial charge in [-0.3, -0.25) is 9.59 Å². The third-order valence-corrected chi connectivity index (χ3v) is 5.26. The van der Waals surface area contributed by atoms with E-state index >= 15 is 0 Å². The summed E-state index contributed by atoms with van der Waals surface area (Å²) >= 11 is 0. The standard InChI is InChI=1S/C23H32N4O2/c1-23(2,3)25-22(29)17-27-12-6-11-26(13-14-27)16-21(28)24-20-10-9-18-7-4-5-8-19(18)15-20/h4-5,7-10,15H,6,11-14,16-17H2,1-3H3,(H,24,28)(H,25,29)/p+2. The molecule has 6 nitrogen and oxygen atoms in total. The van der Waals surface area contributed by atoms with Crippen molar-refractivity contribution in [1.82, 2.24) is 5.32 Å². The van der Waals surface area contributed by atoms with Crippen LogP contribution in [0.1, 0.15) is 27.2 Å². The van der Waals surface area contributed by atoms with Crippen molar-refractivity contribution in [2.75, 3.05) is 44.6 Å². The van der Waals surface area contributed by atoms with E-state index in [1.807, 2.05) is 51.1 Å². The molecule has 2 unspecified atom stereocenters. The SMILES string of the molecule is CC(C)(C)NC(=O)C[NH+]1CCC[NH+](CC(=O)Nc2ccc3ccccc3c2)CC1. The smallest absolute Gasteiger partial charge is 0.279 e. The zero-order valence-corrected chi connectivity index (χ0v) is 17.8. The molecule has 0 aliphatic carbocycles. The van der Waals surface area contributed by atoms with Crippen molar-refractivity contribution in [3.05, 3.63) is 42.5 Å². The molecule has 1 aliphatic heterocycles. The topological polar surface area (TPSA) is 67.1 Å². The van der Waals surface area contributed by atoms with Gasteiger partial charge in [0, 0.05) is 17.6 Å². The first-order valence-electron chi connectivity index (χ1n) is 10.6. The van der Waals surface area contributed by atoms with Crippen molar-refractivity contribution >= 4 is 28.3 Å². The van der Waals surface area contributed by atoms with Crippen molar-refractivity contribution in [3.63, 3.8) is 0 Å². The van der Waals surface area contributed by atoms with Gasteiger partial charge in [0.1, 0.15) is 13.1 Å². The van der Waals surface area contributed by atoms with Gasteiger partial charge in [0.25, 0.3) is 11.8 Å². The molecule has 156 valence electrons. The van der Waals surface area contributed by atoms with E-state index in [9.17, 15) is 9.59 Å². The van der Waals surface area contributed by atoms with Gasteiger partial charge >= 0.3 is 0 Å². The molecule has 0 radical (unpaired) electrons. The fourth-order valence-electron chi connectivity index (χ4n) is 3.93. The van der Waals surface area contributed by atoms with Gasteiger partial charge in [0.15, 0.2) is 13.1 Å². The van der Waals surface area contributed by atoms with E-state index in [2.05, 4.69) is 22.8 Å². The number of rotatable bonds is 5. The normalized spacial score (nSPS) is 20.1. The van der Waals surface area contributed by atoms with Crippen LogP contribution in [-0.2, 0) is 9.59 Å². The van der Waals surface area contributed by atoms with Gasteiger partial charge in [0.2, 0.25) is 0 Å². The van der Waals surface area contributed by atoms with Gasteiger partial charge in [0.05, 0.1) is 13.1 Å². The van der Waals surface area contributed by atoms with Gasteiger partial charge < -0.3 is 20.4 Å². The van der Waals surface area contributed by atoms with E-state index in [1.54, 1.807) is 0 Å². The summed E-state index contributed by atoms with van der Waals surface area (Å²) in [7, 11) is 0. The molecule has 3 rings (SSSR count). The van der Waals surface area contributed by atoms with Crippen LogP contribution >= 0.6 is 0 Å². The molecule has 2 aromatic rings. The summed E-state index contributed by atoms with van der Waals surface area (Å²) in [6, 6.07) is 14.2. The molecule has 1 fully saturated rings. The highest BCUT2D eigenvalue weighted by molar-refractivity contribution is 5.94. The second kappa shape index (κ2) is 9.37. The Kier molecular flexibility index (Phi) is 6.87. The van der Waals surface area contributed by atoms with Crippen LogP contribution in [0.5, 0.6) is 0 Å². The van der Waals surface area contributed by atoms with Crippen LogP contribution in [0, 0.1) is 0 Å². The molecule has 2 amide bonds. The fourth-order valence-corrected chi connectivity index (χ4v) is 3.93. The minimum absolute atomic E-state index is 0.0456. The van der Waals surface area contributed by atoms with Gasteiger partial charge in [-0.25, -0.2) is 0 Å². The van der Waals surface area contributed by atoms with Crippen molar-refractivity contribution in [2.24, 2.45) is 0 Å². The van der Waals surface area contributed by atoms with Crippen molar-refractivity contribution in [1.29, 1.82) is 0 Å². The Labute approximate surface area is 173 Å². The van der Waals surface area contributed by atoms with Crippen molar-refractivity contribution in [3.8, 4) is 0 Å². The molecule has 0 saturated carbocycles. The number of hydrogen-bond donors (Lipinski definition) is 4. The predicted octanol–water partition coefficient (Wildman–Crippen LogP) is -0.133. The molecule has 2 atom stereocenters. The average molecular weight is 399 g/mol. The molecule has 1 saturated heterocycles. The quantitative estimate of drug-likeness (QED) is 0.567.